The van der Waals surface area contributed by atoms with Crippen molar-refractivity contribution in [2.75, 3.05) is 6.61 Å². The van der Waals surface area contributed by atoms with Crippen LogP contribution in [0, 0.1) is 27.7 Å². The van der Waals surface area contributed by atoms with Gasteiger partial charge in [-0.1, -0.05) is 41.4 Å². The summed E-state index contributed by atoms with van der Waals surface area (Å²) >= 11 is 6.28. The van der Waals surface area contributed by atoms with E-state index in [-0.39, 0.29) is 11.9 Å². The number of nitrogens with one attached hydrogen (secondary N) is 1. The second-order valence-electron chi connectivity index (χ2n) is 9.20. The highest BCUT2D eigenvalue weighted by molar-refractivity contribution is 6.32. The van der Waals surface area contributed by atoms with E-state index in [1.807, 2.05) is 83.1 Å². The van der Waals surface area contributed by atoms with Gasteiger partial charge in [0.2, 0.25) is 0 Å². The molecule has 1 atom stereocenters. The van der Waals surface area contributed by atoms with Gasteiger partial charge in [0.05, 0.1) is 23.7 Å². The molecule has 0 aliphatic rings. The van der Waals surface area contributed by atoms with Crippen molar-refractivity contribution in [1.29, 1.82) is 0 Å². The number of rotatable bonds is 8. The molecule has 182 valence electrons. The average molecular weight is 490 g/mol. The van der Waals surface area contributed by atoms with Crippen LogP contribution >= 0.6 is 11.6 Å². The molecular weight excluding hydrogens is 458 g/mol. The van der Waals surface area contributed by atoms with Crippen molar-refractivity contribution in [3.8, 4) is 5.75 Å². The lowest BCUT2D eigenvalue weighted by Crippen LogP contribution is -2.29. The molecule has 0 spiro atoms. The van der Waals surface area contributed by atoms with Crippen molar-refractivity contribution in [2.24, 2.45) is 0 Å². The number of para-hydroxylation sites is 2. The van der Waals surface area contributed by atoms with Crippen molar-refractivity contribution in [1.82, 2.24) is 14.9 Å². The molecule has 35 heavy (non-hydrogen) atoms. The maximum atomic E-state index is 13.0. The first-order valence-corrected chi connectivity index (χ1v) is 12.3. The van der Waals surface area contributed by atoms with Crippen molar-refractivity contribution in [3.63, 3.8) is 0 Å². The van der Waals surface area contributed by atoms with Crippen LogP contribution in [0.25, 0.3) is 11.0 Å². The Bertz CT molecular complexity index is 1350. The number of aromatic nitrogens is 2. The van der Waals surface area contributed by atoms with Gasteiger partial charge >= 0.3 is 0 Å². The Morgan fingerprint density at radius 2 is 1.74 bits per heavy atom. The van der Waals surface area contributed by atoms with E-state index in [2.05, 4.69) is 16.0 Å². The molecule has 0 saturated heterocycles. The Balaban J connectivity index is 1.49. The minimum Gasteiger partial charge on any atom is -0.494 e. The van der Waals surface area contributed by atoms with Crippen LogP contribution in [-0.2, 0) is 6.54 Å². The predicted molar refractivity (Wildman–Crippen MR) is 143 cm³/mol. The summed E-state index contributed by atoms with van der Waals surface area (Å²) in [6, 6.07) is 17.6. The summed E-state index contributed by atoms with van der Waals surface area (Å²) in [5.41, 5.74) is 6.78. The van der Waals surface area contributed by atoms with Gasteiger partial charge < -0.3 is 14.6 Å². The molecule has 0 fully saturated rings. The fourth-order valence-electron chi connectivity index (χ4n) is 4.47. The maximum Gasteiger partial charge on any atom is 0.252 e. The Morgan fingerprint density at radius 1 is 1.03 bits per heavy atom. The molecule has 0 aliphatic heterocycles. The molecule has 3 aromatic carbocycles. The first-order valence-electron chi connectivity index (χ1n) is 12.0. The minimum absolute atomic E-state index is 0.0922. The number of imidazole rings is 1. The Morgan fingerprint density at radius 3 is 2.46 bits per heavy atom. The molecule has 0 saturated carbocycles. The van der Waals surface area contributed by atoms with E-state index in [0.29, 0.717) is 12.2 Å². The molecule has 5 nitrogen and oxygen atoms in total. The highest BCUT2D eigenvalue weighted by Crippen LogP contribution is 2.26. The molecular formula is C29H32ClN3O2. The maximum absolute atomic E-state index is 13.0. The zero-order chi connectivity index (χ0) is 25.1. The number of ether oxygens (including phenoxy) is 1. The summed E-state index contributed by atoms with van der Waals surface area (Å²) in [6.45, 7) is 11.2. The van der Waals surface area contributed by atoms with Crippen LogP contribution in [0.1, 0.15) is 57.8 Å². The van der Waals surface area contributed by atoms with E-state index in [1.54, 1.807) is 0 Å². The number of hydrogen-bond donors (Lipinski definition) is 1. The lowest BCUT2D eigenvalue weighted by Gasteiger charge is -2.17. The zero-order valence-corrected chi connectivity index (χ0v) is 21.7. The van der Waals surface area contributed by atoms with Gasteiger partial charge in [0.15, 0.2) is 0 Å². The third-order valence-electron chi connectivity index (χ3n) is 6.25. The second kappa shape index (κ2) is 10.5. The summed E-state index contributed by atoms with van der Waals surface area (Å²) in [7, 11) is 0. The van der Waals surface area contributed by atoms with E-state index < -0.39 is 0 Å². The van der Waals surface area contributed by atoms with Crippen LogP contribution in [0.4, 0.5) is 0 Å². The van der Waals surface area contributed by atoms with E-state index >= 15 is 0 Å². The number of nitrogens with zero attached hydrogens (tertiary/aromatic N) is 2. The van der Waals surface area contributed by atoms with Gasteiger partial charge in [0.1, 0.15) is 11.6 Å². The van der Waals surface area contributed by atoms with Crippen LogP contribution in [0.15, 0.2) is 54.6 Å². The molecule has 0 bridgehead atoms. The van der Waals surface area contributed by atoms with Gasteiger partial charge in [-0.15, -0.1) is 0 Å². The van der Waals surface area contributed by atoms with Crippen LogP contribution in [0.2, 0.25) is 5.02 Å². The largest absolute Gasteiger partial charge is 0.494 e. The third-order valence-corrected chi connectivity index (χ3v) is 6.85. The first-order chi connectivity index (χ1) is 16.7. The van der Waals surface area contributed by atoms with Crippen LogP contribution in [0.5, 0.6) is 5.75 Å². The lowest BCUT2D eigenvalue weighted by atomic mass is 10.0. The predicted octanol–water partition coefficient (Wildman–Crippen LogP) is 6.88. The molecule has 1 aromatic heterocycles. The number of amides is 1. The number of aryl methyl sites for hydroxylation is 5. The van der Waals surface area contributed by atoms with Crippen molar-refractivity contribution in [2.45, 2.75) is 53.6 Å². The lowest BCUT2D eigenvalue weighted by molar-refractivity contribution is 0.0937. The highest BCUT2D eigenvalue weighted by Gasteiger charge is 2.20. The van der Waals surface area contributed by atoms with Gasteiger partial charge in [-0.05, 0) is 88.1 Å². The molecule has 4 aromatic rings. The second-order valence-corrected chi connectivity index (χ2v) is 9.57. The Hall–Kier alpha value is -3.31. The van der Waals surface area contributed by atoms with Crippen molar-refractivity contribution >= 4 is 28.5 Å². The summed E-state index contributed by atoms with van der Waals surface area (Å²) in [5.74, 6) is 1.57. The number of halogens is 1. The monoisotopic (exact) mass is 489 g/mol. The smallest absolute Gasteiger partial charge is 0.252 e. The molecule has 1 unspecified atom stereocenters. The summed E-state index contributed by atoms with van der Waals surface area (Å²) in [5, 5.41) is 3.92. The summed E-state index contributed by atoms with van der Waals surface area (Å²) < 4.78 is 8.20. The summed E-state index contributed by atoms with van der Waals surface area (Å²) in [4.78, 5) is 17.9. The van der Waals surface area contributed by atoms with Gasteiger partial charge in [-0.25, -0.2) is 4.98 Å². The number of carbonyl (C=O) groups is 1. The SMILES string of the molecule is Cc1ccc(C(=O)NC(C)c2nc3ccccc3n2CCCOc2cc(C)c(Cl)c(C)c2)c(C)c1. The number of fused-ring (bicyclic) bond motifs is 1. The Kier molecular flexibility index (Phi) is 7.46. The Labute approximate surface area is 212 Å². The number of benzene rings is 3. The molecule has 0 aliphatic carbocycles. The van der Waals surface area contributed by atoms with Crippen LogP contribution in [0.3, 0.4) is 0 Å². The number of carbonyl (C=O) groups excluding carboxylic acids is 1. The highest BCUT2D eigenvalue weighted by atomic mass is 35.5. The van der Waals surface area contributed by atoms with Crippen LogP contribution < -0.4 is 10.1 Å². The van der Waals surface area contributed by atoms with E-state index in [0.717, 1.165) is 62.8 Å². The topological polar surface area (TPSA) is 56.2 Å². The fourth-order valence-corrected chi connectivity index (χ4v) is 4.58. The third kappa shape index (κ3) is 5.51. The fraction of sp³-hybridized carbons (Fsp3) is 0.310. The zero-order valence-electron chi connectivity index (χ0n) is 21.0. The van der Waals surface area contributed by atoms with E-state index in [4.69, 9.17) is 21.3 Å². The minimum atomic E-state index is -0.252. The van der Waals surface area contributed by atoms with Crippen LogP contribution in [-0.4, -0.2) is 22.1 Å². The van der Waals surface area contributed by atoms with E-state index in [1.165, 1.54) is 0 Å². The molecule has 1 heterocycles. The van der Waals surface area contributed by atoms with E-state index in [9.17, 15) is 4.79 Å². The number of hydrogen-bond acceptors (Lipinski definition) is 3. The molecule has 6 heteroatoms. The normalized spacial score (nSPS) is 12.1. The molecule has 4 rings (SSSR count). The summed E-state index contributed by atoms with van der Waals surface area (Å²) in [6.07, 6.45) is 0.797. The standard InChI is InChI=1S/C29H32ClN3O2/c1-18-11-12-24(19(2)15-18)29(34)31-22(5)28-32-25-9-6-7-10-26(25)33(28)13-8-14-35-23-16-20(3)27(30)21(4)17-23/h6-7,9-12,15-17,22H,8,13-14H2,1-5H3,(H,31,34). The van der Waals surface area contributed by atoms with Crippen molar-refractivity contribution in [3.05, 3.63) is 93.3 Å². The van der Waals surface area contributed by atoms with Gasteiger partial charge in [-0.2, -0.15) is 0 Å². The quantitative estimate of drug-likeness (QED) is 0.274. The van der Waals surface area contributed by atoms with Gasteiger partial charge in [0, 0.05) is 17.1 Å². The molecule has 1 N–H and O–H groups in total. The van der Waals surface area contributed by atoms with Crippen molar-refractivity contribution < 1.29 is 9.53 Å². The molecule has 1 amide bonds. The molecule has 0 radical (unpaired) electrons. The first kappa shape index (κ1) is 24.8. The van der Waals surface area contributed by atoms with Gasteiger partial charge in [-0.3, -0.25) is 4.79 Å². The van der Waals surface area contributed by atoms with Gasteiger partial charge in [0.25, 0.3) is 5.91 Å². The average Bonchev–Trinajstić information content (AvgIpc) is 3.19.